The van der Waals surface area contributed by atoms with Crippen LogP contribution >= 0.6 is 0 Å². The Morgan fingerprint density at radius 2 is 2.00 bits per heavy atom. The average Bonchev–Trinajstić information content (AvgIpc) is 3.16. The predicted molar refractivity (Wildman–Crippen MR) is 90.5 cm³/mol. The van der Waals surface area contributed by atoms with E-state index in [1.54, 1.807) is 12.1 Å². The molecule has 0 spiro atoms. The predicted octanol–water partition coefficient (Wildman–Crippen LogP) is 2.42. The summed E-state index contributed by atoms with van der Waals surface area (Å²) in [5.41, 5.74) is 1.11. The van der Waals surface area contributed by atoms with E-state index in [1.807, 2.05) is 12.1 Å². The van der Waals surface area contributed by atoms with Crippen molar-refractivity contribution in [2.45, 2.75) is 43.5 Å². The molecule has 24 heavy (non-hydrogen) atoms. The minimum absolute atomic E-state index is 0.290. The zero-order valence-electron chi connectivity index (χ0n) is 14.1. The molecule has 1 atom stereocenters. The SMILES string of the molecule is CCCc1nnc([C@H]2CCN(Cc3ccc(S(C)(=O)=O)cc3)C2)o1. The summed E-state index contributed by atoms with van der Waals surface area (Å²) in [5.74, 6) is 1.76. The highest BCUT2D eigenvalue weighted by molar-refractivity contribution is 7.90. The van der Waals surface area contributed by atoms with E-state index in [-0.39, 0.29) is 0 Å². The van der Waals surface area contributed by atoms with Gasteiger partial charge in [-0.3, -0.25) is 4.90 Å². The third-order valence-electron chi connectivity index (χ3n) is 4.33. The maximum Gasteiger partial charge on any atom is 0.220 e. The highest BCUT2D eigenvalue weighted by Gasteiger charge is 2.28. The Bertz CT molecular complexity index is 784. The number of likely N-dealkylation sites (tertiary alicyclic amines) is 1. The van der Waals surface area contributed by atoms with E-state index < -0.39 is 9.84 Å². The van der Waals surface area contributed by atoms with E-state index in [9.17, 15) is 8.42 Å². The number of benzene rings is 1. The van der Waals surface area contributed by atoms with Crippen molar-refractivity contribution in [3.05, 3.63) is 41.6 Å². The number of aromatic nitrogens is 2. The average molecular weight is 349 g/mol. The fraction of sp³-hybridized carbons (Fsp3) is 0.529. The topological polar surface area (TPSA) is 76.3 Å². The van der Waals surface area contributed by atoms with Crippen LogP contribution in [0.1, 0.15) is 43.0 Å². The first kappa shape index (κ1) is 17.1. The van der Waals surface area contributed by atoms with Gasteiger partial charge in [0.25, 0.3) is 0 Å². The van der Waals surface area contributed by atoms with Crippen LogP contribution in [0.4, 0.5) is 0 Å². The summed E-state index contributed by atoms with van der Waals surface area (Å²) in [7, 11) is -3.14. The van der Waals surface area contributed by atoms with Crippen LogP contribution in [0.15, 0.2) is 33.6 Å². The lowest BCUT2D eigenvalue weighted by Crippen LogP contribution is -2.19. The second kappa shape index (κ2) is 7.03. The summed E-state index contributed by atoms with van der Waals surface area (Å²) in [6.45, 7) is 4.76. The van der Waals surface area contributed by atoms with Crippen LogP contribution in [0.25, 0.3) is 0 Å². The molecule has 6 nitrogen and oxygen atoms in total. The Labute approximate surface area is 142 Å². The van der Waals surface area contributed by atoms with Crippen LogP contribution in [-0.2, 0) is 22.8 Å². The normalized spacial score (nSPS) is 19.0. The minimum Gasteiger partial charge on any atom is -0.425 e. The van der Waals surface area contributed by atoms with Gasteiger partial charge in [0.2, 0.25) is 11.8 Å². The largest absolute Gasteiger partial charge is 0.425 e. The van der Waals surface area contributed by atoms with Gasteiger partial charge in [0.05, 0.1) is 10.8 Å². The van der Waals surface area contributed by atoms with E-state index in [2.05, 4.69) is 22.0 Å². The number of hydrogen-bond acceptors (Lipinski definition) is 6. The van der Waals surface area contributed by atoms with E-state index in [0.29, 0.717) is 10.8 Å². The van der Waals surface area contributed by atoms with Crippen LogP contribution in [0.3, 0.4) is 0 Å². The summed E-state index contributed by atoms with van der Waals surface area (Å²) in [6.07, 6.45) is 4.07. The van der Waals surface area contributed by atoms with E-state index in [0.717, 1.165) is 56.2 Å². The molecule has 0 N–H and O–H groups in total. The fourth-order valence-electron chi connectivity index (χ4n) is 3.02. The van der Waals surface area contributed by atoms with Crippen molar-refractivity contribution in [3.63, 3.8) is 0 Å². The van der Waals surface area contributed by atoms with Crippen molar-refractivity contribution in [1.82, 2.24) is 15.1 Å². The molecule has 2 heterocycles. The van der Waals surface area contributed by atoms with Gasteiger partial charge in [-0.05, 0) is 37.1 Å². The molecule has 1 fully saturated rings. The highest BCUT2D eigenvalue weighted by Crippen LogP contribution is 2.27. The Kier molecular flexibility index (Phi) is 5.01. The van der Waals surface area contributed by atoms with Crippen LogP contribution in [0.5, 0.6) is 0 Å². The first-order valence-corrected chi connectivity index (χ1v) is 10.2. The van der Waals surface area contributed by atoms with Crippen molar-refractivity contribution in [2.75, 3.05) is 19.3 Å². The molecule has 1 aromatic heterocycles. The number of hydrogen-bond donors (Lipinski definition) is 0. The second-order valence-corrected chi connectivity index (χ2v) is 8.44. The van der Waals surface area contributed by atoms with Gasteiger partial charge in [0.15, 0.2) is 9.84 Å². The van der Waals surface area contributed by atoms with Crippen molar-refractivity contribution in [3.8, 4) is 0 Å². The van der Waals surface area contributed by atoms with Crippen molar-refractivity contribution >= 4 is 9.84 Å². The molecule has 130 valence electrons. The monoisotopic (exact) mass is 349 g/mol. The Morgan fingerprint density at radius 3 is 2.67 bits per heavy atom. The third-order valence-corrected chi connectivity index (χ3v) is 5.45. The standard InChI is InChI=1S/C17H23N3O3S/c1-3-4-16-18-19-17(23-16)14-9-10-20(12-14)11-13-5-7-15(8-6-13)24(2,21)22/h5-8,14H,3-4,9-12H2,1-2H3/t14-/m0/s1. The molecule has 0 amide bonds. The third kappa shape index (κ3) is 4.02. The maximum absolute atomic E-state index is 11.5. The first-order chi connectivity index (χ1) is 11.5. The van der Waals surface area contributed by atoms with Crippen molar-refractivity contribution in [2.24, 2.45) is 0 Å². The lowest BCUT2D eigenvalue weighted by Gasteiger charge is -2.15. The van der Waals surface area contributed by atoms with Crippen molar-refractivity contribution < 1.29 is 12.8 Å². The van der Waals surface area contributed by atoms with E-state index in [4.69, 9.17) is 4.42 Å². The van der Waals surface area contributed by atoms with Gasteiger partial charge in [-0.2, -0.15) is 0 Å². The smallest absolute Gasteiger partial charge is 0.220 e. The number of aryl methyl sites for hydroxylation is 1. The molecule has 0 bridgehead atoms. The summed E-state index contributed by atoms with van der Waals surface area (Å²) in [4.78, 5) is 2.70. The Hall–Kier alpha value is -1.73. The molecule has 0 unspecified atom stereocenters. The van der Waals surface area contributed by atoms with E-state index in [1.165, 1.54) is 6.26 Å². The highest BCUT2D eigenvalue weighted by atomic mass is 32.2. The van der Waals surface area contributed by atoms with Crippen LogP contribution in [-0.4, -0.2) is 42.9 Å². The van der Waals surface area contributed by atoms with Gasteiger partial charge >= 0.3 is 0 Å². The summed E-state index contributed by atoms with van der Waals surface area (Å²) < 4.78 is 28.8. The molecule has 0 saturated carbocycles. The molecule has 7 heteroatoms. The fourth-order valence-corrected chi connectivity index (χ4v) is 3.66. The zero-order chi connectivity index (χ0) is 17.2. The lowest BCUT2D eigenvalue weighted by molar-refractivity contribution is 0.318. The second-order valence-electron chi connectivity index (χ2n) is 6.42. The van der Waals surface area contributed by atoms with Gasteiger partial charge < -0.3 is 4.42 Å². The zero-order valence-corrected chi connectivity index (χ0v) is 14.9. The molecule has 0 aliphatic carbocycles. The van der Waals surface area contributed by atoms with E-state index >= 15 is 0 Å². The number of sulfone groups is 1. The van der Waals surface area contributed by atoms with Gasteiger partial charge in [-0.15, -0.1) is 10.2 Å². The molecular formula is C17H23N3O3S. The molecule has 1 saturated heterocycles. The molecule has 1 aliphatic heterocycles. The molecular weight excluding hydrogens is 326 g/mol. The summed E-state index contributed by atoms with van der Waals surface area (Å²) in [5, 5.41) is 8.29. The van der Waals surface area contributed by atoms with Gasteiger partial charge in [-0.25, -0.2) is 8.42 Å². The minimum atomic E-state index is -3.14. The molecule has 0 radical (unpaired) electrons. The van der Waals surface area contributed by atoms with Crippen LogP contribution in [0, 0.1) is 0 Å². The summed E-state index contributed by atoms with van der Waals surface area (Å²) in [6, 6.07) is 7.12. The molecule has 3 rings (SSSR count). The molecule has 1 aromatic carbocycles. The van der Waals surface area contributed by atoms with Crippen molar-refractivity contribution in [1.29, 1.82) is 0 Å². The lowest BCUT2D eigenvalue weighted by atomic mass is 10.1. The number of nitrogens with zero attached hydrogens (tertiary/aromatic N) is 3. The first-order valence-electron chi connectivity index (χ1n) is 8.29. The van der Waals surface area contributed by atoms with Gasteiger partial charge in [0, 0.05) is 25.8 Å². The van der Waals surface area contributed by atoms with Crippen LogP contribution < -0.4 is 0 Å². The maximum atomic E-state index is 11.5. The van der Waals surface area contributed by atoms with Crippen LogP contribution in [0.2, 0.25) is 0 Å². The molecule has 2 aromatic rings. The van der Waals surface area contributed by atoms with Gasteiger partial charge in [0.1, 0.15) is 0 Å². The Balaban J connectivity index is 1.59. The summed E-state index contributed by atoms with van der Waals surface area (Å²) >= 11 is 0. The Morgan fingerprint density at radius 1 is 1.25 bits per heavy atom. The van der Waals surface area contributed by atoms with Gasteiger partial charge in [-0.1, -0.05) is 19.1 Å². The number of rotatable bonds is 6. The molecule has 1 aliphatic rings. The quantitative estimate of drug-likeness (QED) is 0.797.